The smallest absolute Gasteiger partial charge is 0.192 e. The molecule has 1 aromatic carbocycles. The molecule has 4 heteroatoms. The summed E-state index contributed by atoms with van der Waals surface area (Å²) in [6.07, 6.45) is 3.36. The molecule has 0 saturated carbocycles. The number of aromatic nitrogens is 1. The number of fused-ring (bicyclic) bond motifs is 1. The Morgan fingerprint density at radius 3 is 3.17 bits per heavy atom. The van der Waals surface area contributed by atoms with Gasteiger partial charge in [0.15, 0.2) is 11.5 Å². The lowest BCUT2D eigenvalue weighted by atomic mass is 10.1. The number of rotatable bonds is 2. The highest BCUT2D eigenvalue weighted by Gasteiger charge is 2.12. The van der Waals surface area contributed by atoms with E-state index in [1.54, 1.807) is 0 Å². The molecule has 96 valence electrons. The number of ether oxygens (including phenoxy) is 1. The molecular weight excluding hydrogens is 228 g/mol. The molecule has 3 rings (SSSR count). The molecular formula is C14H18N2O2. The fraction of sp³-hybridized carbons (Fsp3) is 0.500. The minimum atomic E-state index is 0.498. The van der Waals surface area contributed by atoms with Gasteiger partial charge < -0.3 is 14.5 Å². The van der Waals surface area contributed by atoms with Gasteiger partial charge in [-0.1, -0.05) is 0 Å². The number of benzene rings is 1. The monoisotopic (exact) mass is 246 g/mol. The van der Waals surface area contributed by atoms with E-state index in [2.05, 4.69) is 22.4 Å². The maximum Gasteiger partial charge on any atom is 0.192 e. The highest BCUT2D eigenvalue weighted by atomic mass is 16.5. The Balaban J connectivity index is 1.76. The average molecular weight is 246 g/mol. The zero-order valence-corrected chi connectivity index (χ0v) is 10.6. The number of aryl methyl sites for hydroxylation is 1. The van der Waals surface area contributed by atoms with E-state index in [-0.39, 0.29) is 0 Å². The largest absolute Gasteiger partial charge is 0.441 e. The van der Waals surface area contributed by atoms with E-state index < -0.39 is 0 Å². The molecule has 2 heterocycles. The Kier molecular flexibility index (Phi) is 3.19. The molecule has 0 spiro atoms. The standard InChI is InChI=1S/C14H18N2O2/c1-10-15-13-9-12(4-5-14(13)18-10)16-11-3-2-7-17-8-6-11/h4-5,9,11,16H,2-3,6-8H2,1H3. The first-order valence-electron chi connectivity index (χ1n) is 6.53. The summed E-state index contributed by atoms with van der Waals surface area (Å²) in [6.45, 7) is 3.61. The lowest BCUT2D eigenvalue weighted by Crippen LogP contribution is -2.19. The lowest BCUT2D eigenvalue weighted by Gasteiger charge is -2.16. The van der Waals surface area contributed by atoms with Crippen molar-refractivity contribution in [1.82, 2.24) is 4.98 Å². The molecule has 0 amide bonds. The van der Waals surface area contributed by atoms with Crippen molar-refractivity contribution in [3.8, 4) is 0 Å². The molecule has 2 aromatic rings. The number of anilines is 1. The second-order valence-electron chi connectivity index (χ2n) is 4.80. The summed E-state index contributed by atoms with van der Waals surface area (Å²) in [4.78, 5) is 4.35. The van der Waals surface area contributed by atoms with Gasteiger partial charge >= 0.3 is 0 Å². The summed E-state index contributed by atoms with van der Waals surface area (Å²) in [5, 5.41) is 3.56. The first-order chi connectivity index (χ1) is 8.81. The van der Waals surface area contributed by atoms with Crippen LogP contribution in [0.2, 0.25) is 0 Å². The van der Waals surface area contributed by atoms with Gasteiger partial charge in [0, 0.05) is 31.9 Å². The van der Waals surface area contributed by atoms with Gasteiger partial charge in [-0.2, -0.15) is 0 Å². The van der Waals surface area contributed by atoms with E-state index in [1.165, 1.54) is 0 Å². The molecule has 0 radical (unpaired) electrons. The van der Waals surface area contributed by atoms with Crippen LogP contribution in [0.25, 0.3) is 11.1 Å². The third-order valence-electron chi connectivity index (χ3n) is 3.32. The van der Waals surface area contributed by atoms with Crippen LogP contribution >= 0.6 is 0 Å². The van der Waals surface area contributed by atoms with Crippen molar-refractivity contribution in [2.24, 2.45) is 0 Å². The summed E-state index contributed by atoms with van der Waals surface area (Å²) in [7, 11) is 0. The molecule has 1 fully saturated rings. The minimum absolute atomic E-state index is 0.498. The Hall–Kier alpha value is -1.55. The van der Waals surface area contributed by atoms with Gasteiger partial charge in [-0.15, -0.1) is 0 Å². The van der Waals surface area contributed by atoms with Crippen molar-refractivity contribution >= 4 is 16.8 Å². The average Bonchev–Trinajstić information content (AvgIpc) is 2.56. The van der Waals surface area contributed by atoms with Crippen LogP contribution in [0.1, 0.15) is 25.2 Å². The summed E-state index contributed by atoms with van der Waals surface area (Å²) >= 11 is 0. The molecule has 0 aliphatic carbocycles. The Morgan fingerprint density at radius 1 is 1.28 bits per heavy atom. The first kappa shape index (κ1) is 11.5. The van der Waals surface area contributed by atoms with E-state index >= 15 is 0 Å². The van der Waals surface area contributed by atoms with E-state index in [0.717, 1.165) is 49.3 Å². The van der Waals surface area contributed by atoms with Gasteiger partial charge in [-0.25, -0.2) is 4.98 Å². The Bertz CT molecular complexity index is 528. The highest BCUT2D eigenvalue weighted by molar-refractivity contribution is 5.77. The van der Waals surface area contributed by atoms with Gasteiger partial charge in [0.05, 0.1) is 0 Å². The van der Waals surface area contributed by atoms with Crippen molar-refractivity contribution in [3.63, 3.8) is 0 Å². The summed E-state index contributed by atoms with van der Waals surface area (Å²) < 4.78 is 10.9. The van der Waals surface area contributed by atoms with E-state index in [0.29, 0.717) is 11.9 Å². The SMILES string of the molecule is Cc1nc2cc(NC3CCCOCC3)ccc2o1. The fourth-order valence-corrected chi connectivity index (χ4v) is 2.42. The molecule has 1 aromatic heterocycles. The zero-order chi connectivity index (χ0) is 12.4. The number of oxazole rings is 1. The third-order valence-corrected chi connectivity index (χ3v) is 3.32. The predicted octanol–water partition coefficient (Wildman–Crippen LogP) is 3.12. The van der Waals surface area contributed by atoms with Gasteiger partial charge in [0.25, 0.3) is 0 Å². The maximum atomic E-state index is 5.47. The van der Waals surface area contributed by atoms with Crippen LogP contribution in [-0.4, -0.2) is 24.2 Å². The highest BCUT2D eigenvalue weighted by Crippen LogP contribution is 2.22. The molecule has 0 bridgehead atoms. The molecule has 1 aliphatic heterocycles. The number of hydrogen-bond acceptors (Lipinski definition) is 4. The quantitative estimate of drug-likeness (QED) is 0.884. The van der Waals surface area contributed by atoms with Crippen LogP contribution in [0.3, 0.4) is 0 Å². The van der Waals surface area contributed by atoms with Crippen LogP contribution in [0.15, 0.2) is 22.6 Å². The molecule has 1 aliphatic rings. The zero-order valence-electron chi connectivity index (χ0n) is 10.6. The molecule has 18 heavy (non-hydrogen) atoms. The van der Waals surface area contributed by atoms with E-state index in [9.17, 15) is 0 Å². The summed E-state index contributed by atoms with van der Waals surface area (Å²) in [5.41, 5.74) is 2.88. The molecule has 1 unspecified atom stereocenters. The maximum absolute atomic E-state index is 5.47. The topological polar surface area (TPSA) is 47.3 Å². The van der Waals surface area contributed by atoms with Crippen molar-refractivity contribution in [1.29, 1.82) is 0 Å². The van der Waals surface area contributed by atoms with Crippen molar-refractivity contribution in [2.75, 3.05) is 18.5 Å². The molecule has 1 saturated heterocycles. The fourth-order valence-electron chi connectivity index (χ4n) is 2.42. The Morgan fingerprint density at radius 2 is 2.22 bits per heavy atom. The van der Waals surface area contributed by atoms with Gasteiger partial charge in [0.1, 0.15) is 5.52 Å². The van der Waals surface area contributed by atoms with E-state index in [1.807, 2.05) is 13.0 Å². The van der Waals surface area contributed by atoms with Gasteiger partial charge in [-0.05, 0) is 37.5 Å². The van der Waals surface area contributed by atoms with Crippen molar-refractivity contribution < 1.29 is 9.15 Å². The normalized spacial score (nSPS) is 20.8. The van der Waals surface area contributed by atoms with E-state index in [4.69, 9.17) is 9.15 Å². The number of nitrogens with one attached hydrogen (secondary N) is 1. The van der Waals surface area contributed by atoms with Crippen LogP contribution in [0, 0.1) is 6.92 Å². The van der Waals surface area contributed by atoms with Crippen molar-refractivity contribution in [3.05, 3.63) is 24.1 Å². The number of hydrogen-bond donors (Lipinski definition) is 1. The second kappa shape index (κ2) is 4.98. The summed E-state index contributed by atoms with van der Waals surface area (Å²) in [5.74, 6) is 0.713. The van der Waals surface area contributed by atoms with Crippen molar-refractivity contribution in [2.45, 2.75) is 32.2 Å². The minimum Gasteiger partial charge on any atom is -0.441 e. The van der Waals surface area contributed by atoms with Crippen LogP contribution < -0.4 is 5.32 Å². The van der Waals surface area contributed by atoms with Crippen LogP contribution in [-0.2, 0) is 4.74 Å². The summed E-state index contributed by atoms with van der Waals surface area (Å²) in [6, 6.07) is 6.58. The van der Waals surface area contributed by atoms with Crippen LogP contribution in [0.4, 0.5) is 5.69 Å². The van der Waals surface area contributed by atoms with Gasteiger partial charge in [-0.3, -0.25) is 0 Å². The molecule has 1 atom stereocenters. The van der Waals surface area contributed by atoms with Gasteiger partial charge in [0.2, 0.25) is 0 Å². The first-order valence-corrected chi connectivity index (χ1v) is 6.53. The third kappa shape index (κ3) is 2.48. The Labute approximate surface area is 106 Å². The molecule has 4 nitrogen and oxygen atoms in total. The number of nitrogens with zero attached hydrogens (tertiary/aromatic N) is 1. The second-order valence-corrected chi connectivity index (χ2v) is 4.80. The molecule has 1 N–H and O–H groups in total. The lowest BCUT2D eigenvalue weighted by molar-refractivity contribution is 0.144. The van der Waals surface area contributed by atoms with Crippen LogP contribution in [0.5, 0.6) is 0 Å². The predicted molar refractivity (Wildman–Crippen MR) is 70.8 cm³/mol.